The van der Waals surface area contributed by atoms with E-state index in [2.05, 4.69) is 13.6 Å². The summed E-state index contributed by atoms with van der Waals surface area (Å²) in [6.07, 6.45) is 0. The average molecular weight is 254 g/mol. The Hall–Kier alpha value is -1.91. The van der Waals surface area contributed by atoms with Gasteiger partial charge in [0.25, 0.3) is 0 Å². The minimum absolute atomic E-state index is 0.00180. The maximum absolute atomic E-state index is 10.8. The van der Waals surface area contributed by atoms with Crippen LogP contribution in [0.15, 0.2) is 29.4 Å². The lowest BCUT2D eigenvalue weighted by Crippen LogP contribution is -2.01. The van der Waals surface area contributed by atoms with Crippen molar-refractivity contribution in [2.24, 2.45) is 5.16 Å². The summed E-state index contributed by atoms with van der Waals surface area (Å²) in [5, 5.41) is 12.3. The number of ether oxygens (including phenoxy) is 1. The van der Waals surface area contributed by atoms with E-state index in [1.54, 1.807) is 31.4 Å². The zero-order valence-corrected chi connectivity index (χ0v) is 10.1. The van der Waals surface area contributed by atoms with Crippen LogP contribution in [0.4, 0.5) is 0 Å². The number of rotatable bonds is 5. The van der Waals surface area contributed by atoms with Crippen molar-refractivity contribution >= 4 is 17.1 Å². The van der Waals surface area contributed by atoms with Crippen molar-refractivity contribution in [1.29, 1.82) is 5.26 Å². The predicted octanol–water partition coefficient (Wildman–Crippen LogP) is 1.16. The molecule has 0 saturated carbocycles. The molecule has 0 saturated heterocycles. The normalized spacial score (nSPS) is 12.6. The van der Waals surface area contributed by atoms with Crippen LogP contribution in [0.2, 0.25) is 0 Å². The zero-order valence-electron chi connectivity index (χ0n) is 9.25. The molecule has 0 aliphatic heterocycles. The Balaban J connectivity index is 2.86. The van der Waals surface area contributed by atoms with Crippen LogP contribution in [0.1, 0.15) is 5.56 Å². The van der Waals surface area contributed by atoms with Crippen molar-refractivity contribution in [3.8, 4) is 11.8 Å². The predicted molar refractivity (Wildman–Crippen MR) is 61.4 cm³/mol. The fraction of sp³-hybridized carbons (Fsp3) is 0.200. The Morgan fingerprint density at radius 2 is 2.00 bits per heavy atom. The van der Waals surface area contributed by atoms with Gasteiger partial charge in [0, 0.05) is 5.56 Å². The molecular formula is C10H10N2O4S. The van der Waals surface area contributed by atoms with E-state index < -0.39 is 11.4 Å². The standard InChI is InChI=1S/C10H10N2O4S/c1-14-9-5-3-8(4-6-9)10(7-11)12-16-17(13)15-2/h3-6H,1-2H3/b12-10+. The quantitative estimate of drug-likeness (QED) is 0.582. The van der Waals surface area contributed by atoms with Crippen molar-refractivity contribution in [2.45, 2.75) is 0 Å². The van der Waals surface area contributed by atoms with E-state index in [0.29, 0.717) is 11.3 Å². The molecule has 1 atom stereocenters. The number of nitrogens with zero attached hydrogens (tertiary/aromatic N) is 2. The minimum atomic E-state index is -1.99. The molecule has 0 aromatic heterocycles. The maximum atomic E-state index is 10.8. The number of benzene rings is 1. The van der Waals surface area contributed by atoms with Crippen molar-refractivity contribution in [1.82, 2.24) is 0 Å². The number of hydrogen-bond donors (Lipinski definition) is 0. The number of oxime groups is 1. The molecule has 1 unspecified atom stereocenters. The molecule has 0 aliphatic rings. The molecule has 6 nitrogen and oxygen atoms in total. The van der Waals surface area contributed by atoms with E-state index in [1.807, 2.05) is 6.07 Å². The summed E-state index contributed by atoms with van der Waals surface area (Å²) < 4.78 is 24.5. The van der Waals surface area contributed by atoms with Crippen molar-refractivity contribution in [3.63, 3.8) is 0 Å². The first-order valence-electron chi connectivity index (χ1n) is 4.47. The first kappa shape index (κ1) is 13.2. The second kappa shape index (κ2) is 6.62. The van der Waals surface area contributed by atoms with Gasteiger partial charge in [-0.3, -0.25) is 8.47 Å². The molecule has 0 radical (unpaired) electrons. The molecule has 17 heavy (non-hydrogen) atoms. The summed E-state index contributed by atoms with van der Waals surface area (Å²) in [5.41, 5.74) is 0.527. The molecule has 90 valence electrons. The lowest BCUT2D eigenvalue weighted by molar-refractivity contribution is 0.296. The highest BCUT2D eigenvalue weighted by Crippen LogP contribution is 2.12. The largest absolute Gasteiger partial charge is 0.497 e. The summed E-state index contributed by atoms with van der Waals surface area (Å²) >= 11 is -1.99. The summed E-state index contributed by atoms with van der Waals surface area (Å²) in [5.74, 6) is 0.660. The van der Waals surface area contributed by atoms with Crippen LogP contribution in [0.25, 0.3) is 0 Å². The molecular weight excluding hydrogens is 244 g/mol. The molecule has 1 rings (SSSR count). The molecule has 0 heterocycles. The Kier molecular flexibility index (Phi) is 5.13. The second-order valence-corrected chi connectivity index (χ2v) is 3.62. The molecule has 0 N–H and O–H groups in total. The van der Waals surface area contributed by atoms with Crippen LogP contribution < -0.4 is 4.74 Å². The third-order valence-corrected chi connectivity index (χ3v) is 2.26. The van der Waals surface area contributed by atoms with E-state index in [9.17, 15) is 4.21 Å². The van der Waals surface area contributed by atoms with Gasteiger partial charge in [-0.1, -0.05) is 5.16 Å². The number of methoxy groups -OCH3 is 1. The van der Waals surface area contributed by atoms with Crippen molar-refractivity contribution in [2.75, 3.05) is 14.2 Å². The van der Waals surface area contributed by atoms with Gasteiger partial charge >= 0.3 is 11.4 Å². The third-order valence-electron chi connectivity index (χ3n) is 1.79. The monoisotopic (exact) mass is 254 g/mol. The summed E-state index contributed by atoms with van der Waals surface area (Å²) in [4.78, 5) is 0. The van der Waals surface area contributed by atoms with Gasteiger partial charge in [0.1, 0.15) is 11.8 Å². The Labute approximate surface area is 101 Å². The van der Waals surface area contributed by atoms with Gasteiger partial charge in [0.05, 0.1) is 14.2 Å². The summed E-state index contributed by atoms with van der Waals surface area (Å²) in [6, 6.07) is 8.46. The molecule has 1 aromatic rings. The van der Waals surface area contributed by atoms with Crippen molar-refractivity contribution in [3.05, 3.63) is 29.8 Å². The molecule has 1 aromatic carbocycles. The van der Waals surface area contributed by atoms with Gasteiger partial charge in [-0.25, -0.2) is 0 Å². The summed E-state index contributed by atoms with van der Waals surface area (Å²) in [7, 11) is 2.74. The number of hydrogen-bond acceptors (Lipinski definition) is 6. The van der Waals surface area contributed by atoms with Gasteiger partial charge in [-0.15, -0.1) is 0 Å². The SMILES string of the molecule is COc1ccc(/C(C#N)=N/OS(=O)OC)cc1. The van der Waals surface area contributed by atoms with E-state index in [4.69, 9.17) is 10.00 Å². The molecule has 0 fully saturated rings. The fourth-order valence-electron chi connectivity index (χ4n) is 0.985. The highest BCUT2D eigenvalue weighted by molar-refractivity contribution is 7.75. The van der Waals surface area contributed by atoms with Crippen LogP contribution in [-0.4, -0.2) is 24.1 Å². The Bertz CT molecular complexity index is 464. The van der Waals surface area contributed by atoms with E-state index in [0.717, 1.165) is 0 Å². The van der Waals surface area contributed by atoms with Crippen LogP contribution in [0.3, 0.4) is 0 Å². The Morgan fingerprint density at radius 1 is 1.35 bits per heavy atom. The third kappa shape index (κ3) is 3.86. The zero-order chi connectivity index (χ0) is 12.7. The fourth-order valence-corrected chi connectivity index (χ4v) is 1.18. The lowest BCUT2D eigenvalue weighted by Gasteiger charge is -2.01. The molecule has 7 heteroatoms. The van der Waals surface area contributed by atoms with Gasteiger partial charge in [-0.05, 0) is 24.3 Å². The average Bonchev–Trinajstić information content (AvgIpc) is 2.39. The van der Waals surface area contributed by atoms with Crippen LogP contribution in [0.5, 0.6) is 5.75 Å². The van der Waals surface area contributed by atoms with Gasteiger partial charge in [-0.2, -0.15) is 9.47 Å². The maximum Gasteiger partial charge on any atom is 0.381 e. The lowest BCUT2D eigenvalue weighted by atomic mass is 10.1. The topological polar surface area (TPSA) is 80.9 Å². The summed E-state index contributed by atoms with van der Waals surface area (Å²) in [6.45, 7) is 0. The molecule has 0 spiro atoms. The second-order valence-electron chi connectivity index (χ2n) is 2.73. The van der Waals surface area contributed by atoms with Crippen molar-refractivity contribution < 1.29 is 17.4 Å². The van der Waals surface area contributed by atoms with E-state index in [1.165, 1.54) is 7.11 Å². The minimum Gasteiger partial charge on any atom is -0.497 e. The molecule has 0 bridgehead atoms. The van der Waals surface area contributed by atoms with Crippen LogP contribution in [0, 0.1) is 11.3 Å². The molecule has 0 aliphatic carbocycles. The van der Waals surface area contributed by atoms with Gasteiger partial charge < -0.3 is 4.74 Å². The van der Waals surface area contributed by atoms with E-state index >= 15 is 0 Å². The highest BCUT2D eigenvalue weighted by atomic mass is 32.2. The first-order valence-corrected chi connectivity index (χ1v) is 5.47. The number of nitriles is 1. The smallest absolute Gasteiger partial charge is 0.381 e. The Morgan fingerprint density at radius 3 is 2.47 bits per heavy atom. The first-order chi connectivity index (χ1) is 8.21. The molecule has 0 amide bonds. The van der Waals surface area contributed by atoms with Crippen LogP contribution >= 0.6 is 0 Å². The van der Waals surface area contributed by atoms with Gasteiger partial charge in [0.15, 0.2) is 5.71 Å². The highest BCUT2D eigenvalue weighted by Gasteiger charge is 2.05. The van der Waals surface area contributed by atoms with Crippen LogP contribution in [-0.2, 0) is 19.8 Å². The van der Waals surface area contributed by atoms with E-state index in [-0.39, 0.29) is 5.71 Å². The van der Waals surface area contributed by atoms with Gasteiger partial charge in [0.2, 0.25) is 0 Å².